The van der Waals surface area contributed by atoms with Gasteiger partial charge >= 0.3 is 19.8 Å². The maximum atomic E-state index is 12.7. The monoisotopic (exact) mass is 1030 g/mol. The number of allylic oxidation sites excluding steroid dienone is 2. The summed E-state index contributed by atoms with van der Waals surface area (Å²) in [6.45, 7) is 3.82. The van der Waals surface area contributed by atoms with Crippen molar-refractivity contribution < 1.29 is 37.6 Å². The lowest BCUT2D eigenvalue weighted by atomic mass is 10.0. The summed E-state index contributed by atoms with van der Waals surface area (Å²) < 4.78 is 33.1. The van der Waals surface area contributed by atoms with Crippen LogP contribution >= 0.6 is 7.82 Å². The Hall–Kier alpha value is -1.25. The normalized spacial score (nSPS) is 13.0. The maximum Gasteiger partial charge on any atom is 0.472 e. The Bertz CT molecular complexity index is 1170. The molecule has 0 aliphatic heterocycles. The van der Waals surface area contributed by atoms with Gasteiger partial charge in [-0.25, -0.2) is 4.57 Å². The quantitative estimate of drug-likeness (QED) is 0.0264. The zero-order valence-electron chi connectivity index (χ0n) is 47.2. The van der Waals surface area contributed by atoms with E-state index in [0.717, 1.165) is 32.1 Å². The van der Waals surface area contributed by atoms with Crippen molar-refractivity contribution in [1.29, 1.82) is 0 Å². The molecule has 10 heteroatoms. The summed E-state index contributed by atoms with van der Waals surface area (Å²) >= 11 is 0. The number of nitrogens with two attached hydrogens (primary N) is 1. The minimum absolute atomic E-state index is 0.0576. The molecule has 0 saturated heterocycles. The highest BCUT2D eigenvalue weighted by Crippen LogP contribution is 2.43. The minimum atomic E-state index is -4.38. The van der Waals surface area contributed by atoms with Crippen LogP contribution in [0.1, 0.15) is 335 Å². The first-order valence-corrected chi connectivity index (χ1v) is 32.7. The number of phosphoric acid groups is 1. The fourth-order valence-corrected chi connectivity index (χ4v) is 10.3. The second kappa shape index (κ2) is 58.0. The largest absolute Gasteiger partial charge is 0.472 e. The molecule has 0 spiro atoms. The predicted molar refractivity (Wildman–Crippen MR) is 303 cm³/mol. The topological polar surface area (TPSA) is 134 Å². The summed E-state index contributed by atoms with van der Waals surface area (Å²) in [4.78, 5) is 35.2. The van der Waals surface area contributed by atoms with Crippen LogP contribution in [0.2, 0.25) is 0 Å². The molecule has 0 aromatic carbocycles. The summed E-state index contributed by atoms with van der Waals surface area (Å²) in [5.74, 6) is -0.804. The van der Waals surface area contributed by atoms with Crippen molar-refractivity contribution in [3.05, 3.63) is 12.2 Å². The van der Waals surface area contributed by atoms with Gasteiger partial charge in [-0.3, -0.25) is 18.6 Å². The van der Waals surface area contributed by atoms with Crippen molar-refractivity contribution in [1.82, 2.24) is 0 Å². The standard InChI is InChI=1S/C61H120NO8P/c1-3-5-7-9-11-13-15-17-19-21-23-24-25-26-27-28-29-30-31-32-33-34-36-38-40-42-44-46-48-50-52-54-61(64)70-59(58-69-71(65,66)68-56-55-62)57-67-60(63)53-51-49-47-45-43-41-39-37-35-22-20-18-16-14-12-10-8-6-4-2/h21,23,59H,3-20,22,24-58,62H2,1-2H3,(H,65,66)/b23-21-. The molecule has 0 fully saturated rings. The van der Waals surface area contributed by atoms with Crippen LogP contribution in [-0.4, -0.2) is 49.3 Å². The van der Waals surface area contributed by atoms with Crippen LogP contribution in [0.15, 0.2) is 12.2 Å². The summed E-state index contributed by atoms with van der Waals surface area (Å²) in [5.41, 5.74) is 5.39. The Labute approximate surface area is 440 Å². The van der Waals surface area contributed by atoms with Crippen LogP contribution in [0, 0.1) is 0 Å². The van der Waals surface area contributed by atoms with E-state index in [0.29, 0.717) is 6.42 Å². The molecule has 0 saturated carbocycles. The van der Waals surface area contributed by atoms with Gasteiger partial charge in [0.25, 0.3) is 0 Å². The van der Waals surface area contributed by atoms with Gasteiger partial charge < -0.3 is 20.1 Å². The van der Waals surface area contributed by atoms with Gasteiger partial charge in [-0.1, -0.05) is 296 Å². The molecule has 422 valence electrons. The molecule has 0 aliphatic rings. The highest BCUT2D eigenvalue weighted by molar-refractivity contribution is 7.47. The van der Waals surface area contributed by atoms with Crippen LogP contribution in [0.5, 0.6) is 0 Å². The molecule has 3 N–H and O–H groups in total. The lowest BCUT2D eigenvalue weighted by Gasteiger charge is -2.19. The number of ether oxygens (including phenoxy) is 2. The van der Waals surface area contributed by atoms with E-state index in [-0.39, 0.29) is 38.6 Å². The Balaban J connectivity index is 3.84. The Kier molecular flexibility index (Phi) is 57.0. The van der Waals surface area contributed by atoms with Gasteiger partial charge in [-0.05, 0) is 38.5 Å². The zero-order valence-corrected chi connectivity index (χ0v) is 48.1. The van der Waals surface area contributed by atoms with Crippen molar-refractivity contribution in [2.75, 3.05) is 26.4 Å². The lowest BCUT2D eigenvalue weighted by Crippen LogP contribution is -2.29. The molecule has 9 nitrogen and oxygen atoms in total. The molecule has 0 radical (unpaired) electrons. The fraction of sp³-hybridized carbons (Fsp3) is 0.934. The Morgan fingerprint density at radius 2 is 0.690 bits per heavy atom. The lowest BCUT2D eigenvalue weighted by molar-refractivity contribution is -0.161. The molecule has 2 unspecified atom stereocenters. The average Bonchev–Trinajstić information content (AvgIpc) is 3.36. The van der Waals surface area contributed by atoms with E-state index >= 15 is 0 Å². The fourth-order valence-electron chi connectivity index (χ4n) is 9.52. The van der Waals surface area contributed by atoms with E-state index in [2.05, 4.69) is 26.0 Å². The molecule has 0 aromatic rings. The number of rotatable bonds is 60. The van der Waals surface area contributed by atoms with Crippen LogP contribution in [-0.2, 0) is 32.7 Å². The third-order valence-corrected chi connectivity index (χ3v) is 15.1. The van der Waals surface area contributed by atoms with Crippen molar-refractivity contribution in [3.63, 3.8) is 0 Å². The maximum absolute atomic E-state index is 12.7. The van der Waals surface area contributed by atoms with Crippen molar-refractivity contribution in [2.45, 2.75) is 341 Å². The summed E-state index contributed by atoms with van der Waals surface area (Å²) in [5, 5.41) is 0. The van der Waals surface area contributed by atoms with Crippen LogP contribution < -0.4 is 5.73 Å². The molecule has 71 heavy (non-hydrogen) atoms. The van der Waals surface area contributed by atoms with Gasteiger partial charge in [0.05, 0.1) is 13.2 Å². The highest BCUT2D eigenvalue weighted by Gasteiger charge is 2.26. The van der Waals surface area contributed by atoms with Gasteiger partial charge in [-0.15, -0.1) is 0 Å². The zero-order chi connectivity index (χ0) is 51.7. The Morgan fingerprint density at radius 1 is 0.408 bits per heavy atom. The van der Waals surface area contributed by atoms with E-state index < -0.39 is 26.5 Å². The number of phosphoric ester groups is 1. The van der Waals surface area contributed by atoms with Gasteiger partial charge in [0, 0.05) is 19.4 Å². The second-order valence-corrected chi connectivity index (χ2v) is 22.7. The molecule has 0 bridgehead atoms. The summed E-state index contributed by atoms with van der Waals surface area (Å²) in [7, 11) is -4.38. The van der Waals surface area contributed by atoms with Crippen molar-refractivity contribution in [3.8, 4) is 0 Å². The third kappa shape index (κ3) is 57.9. The number of carbonyl (C=O) groups is 2. The highest BCUT2D eigenvalue weighted by atomic mass is 31.2. The van der Waals surface area contributed by atoms with E-state index in [1.807, 2.05) is 0 Å². The first kappa shape index (κ1) is 69.8. The van der Waals surface area contributed by atoms with E-state index in [1.165, 1.54) is 270 Å². The minimum Gasteiger partial charge on any atom is -0.462 e. The summed E-state index contributed by atoms with van der Waals surface area (Å²) in [6.07, 6.45) is 67.2. The molecule has 0 rings (SSSR count). The SMILES string of the molecule is CCCCCCCCCC/C=C\CCCCCCCCCCCCCCCCCCCCCC(=O)OC(COC(=O)CCCCCCCCCCCCCCCCCCCCC)COP(=O)(O)OCCN. The van der Waals surface area contributed by atoms with Gasteiger partial charge in [0.15, 0.2) is 6.10 Å². The van der Waals surface area contributed by atoms with Crippen LogP contribution in [0.4, 0.5) is 0 Å². The van der Waals surface area contributed by atoms with Crippen LogP contribution in [0.25, 0.3) is 0 Å². The number of esters is 2. The summed E-state index contributed by atoms with van der Waals surface area (Å²) in [6, 6.07) is 0. The molecule has 0 aromatic heterocycles. The van der Waals surface area contributed by atoms with Crippen molar-refractivity contribution in [2.24, 2.45) is 5.73 Å². The molecule has 0 amide bonds. The Morgan fingerprint density at radius 3 is 1.00 bits per heavy atom. The predicted octanol–water partition coefficient (Wildman–Crippen LogP) is 19.6. The molecular formula is C61H120NO8P. The number of carbonyl (C=O) groups excluding carboxylic acids is 2. The first-order chi connectivity index (χ1) is 34.8. The molecule has 0 heterocycles. The van der Waals surface area contributed by atoms with Gasteiger partial charge in [-0.2, -0.15) is 0 Å². The van der Waals surface area contributed by atoms with E-state index in [4.69, 9.17) is 24.3 Å². The smallest absolute Gasteiger partial charge is 0.462 e. The van der Waals surface area contributed by atoms with E-state index in [9.17, 15) is 19.0 Å². The van der Waals surface area contributed by atoms with E-state index in [1.54, 1.807) is 0 Å². The number of hydrogen-bond donors (Lipinski definition) is 2. The number of unbranched alkanes of at least 4 members (excludes halogenated alkanes) is 45. The van der Waals surface area contributed by atoms with Gasteiger partial charge in [0.2, 0.25) is 0 Å². The average molecular weight is 1030 g/mol. The first-order valence-electron chi connectivity index (χ1n) is 31.2. The molecular weight excluding hydrogens is 906 g/mol. The molecule has 2 atom stereocenters. The van der Waals surface area contributed by atoms with Crippen molar-refractivity contribution >= 4 is 19.8 Å². The number of hydrogen-bond acceptors (Lipinski definition) is 8. The second-order valence-electron chi connectivity index (χ2n) is 21.3. The molecule has 0 aliphatic carbocycles. The van der Waals surface area contributed by atoms with Crippen LogP contribution in [0.3, 0.4) is 0 Å². The third-order valence-electron chi connectivity index (χ3n) is 14.2. The van der Waals surface area contributed by atoms with Gasteiger partial charge in [0.1, 0.15) is 6.61 Å².